The third-order valence-electron chi connectivity index (χ3n) is 6.93. The summed E-state index contributed by atoms with van der Waals surface area (Å²) < 4.78 is 34.2. The standard InChI is InChI=1S/C28H28FN5O3S2/c1-18-13-22-25(38-18)26(32-27(31-22)33-11-12-39(36)24-10-6-5-9-20(24)14-33)30-23-16-34(15-21(23)29)28(35)37-17-19-7-3-2-4-8-19/h2-10,13,21,23H,11-12,14-17H2,1H3,(H,30,31,32)/t21?,23-,39?/m1/s1. The van der Waals surface area contributed by atoms with Gasteiger partial charge in [0.1, 0.15) is 18.6 Å². The average molecular weight is 566 g/mol. The number of nitrogens with one attached hydrogen (secondary N) is 1. The van der Waals surface area contributed by atoms with Gasteiger partial charge in [0.2, 0.25) is 5.95 Å². The fourth-order valence-corrected chi connectivity index (χ4v) is 7.09. The first-order valence-corrected chi connectivity index (χ1v) is 14.9. The SMILES string of the molecule is Cc1cc2nc(N3CCS(=O)c4ccccc4C3)nc(N[C@@H]3CN(C(=O)OCc4ccccc4)CC3F)c2s1. The molecular formula is C28H28FN5O3S2. The third kappa shape index (κ3) is 5.46. The molecule has 202 valence electrons. The van der Waals surface area contributed by atoms with Gasteiger partial charge in [-0.2, -0.15) is 4.98 Å². The summed E-state index contributed by atoms with van der Waals surface area (Å²) in [6.45, 7) is 3.32. The Kier molecular flexibility index (Phi) is 7.18. The molecule has 0 saturated carbocycles. The number of alkyl halides is 1. The van der Waals surface area contributed by atoms with Crippen molar-refractivity contribution in [2.45, 2.75) is 37.2 Å². The number of carbonyl (C=O) groups excluding carboxylic acids is 1. The van der Waals surface area contributed by atoms with Gasteiger partial charge in [0.15, 0.2) is 0 Å². The number of halogens is 1. The second-order valence-electron chi connectivity index (χ2n) is 9.73. The van der Waals surface area contributed by atoms with Crippen LogP contribution in [0, 0.1) is 6.92 Å². The fourth-order valence-electron chi connectivity index (χ4n) is 4.93. The highest BCUT2D eigenvalue weighted by molar-refractivity contribution is 7.85. The molecule has 6 rings (SSSR count). The molecule has 39 heavy (non-hydrogen) atoms. The van der Waals surface area contributed by atoms with E-state index < -0.39 is 29.1 Å². The van der Waals surface area contributed by atoms with E-state index in [0.717, 1.165) is 31.1 Å². The van der Waals surface area contributed by atoms with Crippen molar-refractivity contribution in [2.24, 2.45) is 0 Å². The highest BCUT2D eigenvalue weighted by atomic mass is 32.2. The molecule has 4 heterocycles. The Bertz CT molecular complexity index is 1530. The molecule has 1 saturated heterocycles. The predicted molar refractivity (Wildman–Crippen MR) is 151 cm³/mol. The van der Waals surface area contributed by atoms with Crippen molar-refractivity contribution >= 4 is 50.2 Å². The molecule has 0 radical (unpaired) electrons. The highest BCUT2D eigenvalue weighted by Crippen LogP contribution is 2.34. The molecule has 1 fully saturated rings. The summed E-state index contributed by atoms with van der Waals surface area (Å²) in [5, 5.41) is 3.28. The van der Waals surface area contributed by atoms with Crippen LogP contribution < -0.4 is 10.2 Å². The van der Waals surface area contributed by atoms with E-state index >= 15 is 4.39 Å². The maximum atomic E-state index is 15.2. The van der Waals surface area contributed by atoms with E-state index in [1.54, 1.807) is 11.3 Å². The summed E-state index contributed by atoms with van der Waals surface area (Å²) in [5.74, 6) is 1.52. The van der Waals surface area contributed by atoms with Gasteiger partial charge in [0.05, 0.1) is 33.6 Å². The first kappa shape index (κ1) is 25.7. The molecule has 0 aliphatic carbocycles. The molecule has 0 bridgehead atoms. The number of anilines is 2. The van der Waals surface area contributed by atoms with Crippen LogP contribution in [0.4, 0.5) is 21.0 Å². The number of hydrogen-bond acceptors (Lipinski definition) is 8. The van der Waals surface area contributed by atoms with Gasteiger partial charge < -0.3 is 19.9 Å². The van der Waals surface area contributed by atoms with Crippen LogP contribution in [0.25, 0.3) is 10.2 Å². The molecule has 8 nitrogen and oxygen atoms in total. The van der Waals surface area contributed by atoms with Crippen molar-refractivity contribution in [3.05, 3.63) is 76.7 Å². The monoisotopic (exact) mass is 565 g/mol. The maximum Gasteiger partial charge on any atom is 0.410 e. The van der Waals surface area contributed by atoms with Crippen molar-refractivity contribution in [3.63, 3.8) is 0 Å². The number of amides is 1. The van der Waals surface area contributed by atoms with Crippen molar-refractivity contribution in [1.82, 2.24) is 14.9 Å². The number of ether oxygens (including phenoxy) is 1. The molecule has 2 aromatic carbocycles. The zero-order chi connectivity index (χ0) is 26.9. The zero-order valence-corrected chi connectivity index (χ0v) is 23.0. The Balaban J connectivity index is 1.22. The van der Waals surface area contributed by atoms with Crippen LogP contribution in [0.1, 0.15) is 16.0 Å². The third-order valence-corrected chi connectivity index (χ3v) is 9.41. The molecule has 2 aliphatic heterocycles. The normalized spacial score (nSPS) is 21.0. The number of nitrogens with zero attached hydrogens (tertiary/aromatic N) is 4. The Morgan fingerprint density at radius 3 is 2.79 bits per heavy atom. The van der Waals surface area contributed by atoms with E-state index in [4.69, 9.17) is 14.7 Å². The summed E-state index contributed by atoms with van der Waals surface area (Å²) in [4.78, 5) is 27.6. The second kappa shape index (κ2) is 10.9. The highest BCUT2D eigenvalue weighted by Gasteiger charge is 2.37. The zero-order valence-electron chi connectivity index (χ0n) is 21.4. The van der Waals surface area contributed by atoms with Gasteiger partial charge in [0, 0.05) is 35.2 Å². The summed E-state index contributed by atoms with van der Waals surface area (Å²) >= 11 is 1.54. The molecular weight excluding hydrogens is 537 g/mol. The molecule has 11 heteroatoms. The van der Waals surface area contributed by atoms with E-state index in [-0.39, 0.29) is 19.7 Å². The lowest BCUT2D eigenvalue weighted by Crippen LogP contribution is -2.33. The topological polar surface area (TPSA) is 87.7 Å². The number of aryl methyl sites for hydroxylation is 1. The minimum absolute atomic E-state index is 0.0510. The van der Waals surface area contributed by atoms with Gasteiger partial charge in [-0.15, -0.1) is 11.3 Å². The predicted octanol–water partition coefficient (Wildman–Crippen LogP) is 4.90. The maximum absolute atomic E-state index is 15.2. The van der Waals surface area contributed by atoms with E-state index in [1.807, 2.05) is 72.5 Å². The Hall–Kier alpha value is -3.57. The van der Waals surface area contributed by atoms with Crippen LogP contribution in [0.5, 0.6) is 0 Å². The van der Waals surface area contributed by atoms with E-state index in [2.05, 4.69) is 5.32 Å². The van der Waals surface area contributed by atoms with Crippen LogP contribution >= 0.6 is 11.3 Å². The number of thiophene rings is 1. The van der Waals surface area contributed by atoms with E-state index in [9.17, 15) is 9.00 Å². The summed E-state index contributed by atoms with van der Waals surface area (Å²) in [7, 11) is -1.10. The van der Waals surface area contributed by atoms with Crippen molar-refractivity contribution in [3.8, 4) is 0 Å². The Morgan fingerprint density at radius 2 is 1.95 bits per heavy atom. The second-order valence-corrected chi connectivity index (χ2v) is 12.5. The van der Waals surface area contributed by atoms with Gasteiger partial charge in [-0.3, -0.25) is 4.21 Å². The lowest BCUT2D eigenvalue weighted by atomic mass is 10.2. The number of rotatable bonds is 5. The smallest absolute Gasteiger partial charge is 0.410 e. The molecule has 2 aliphatic rings. The number of fused-ring (bicyclic) bond motifs is 2. The Morgan fingerprint density at radius 1 is 1.15 bits per heavy atom. The number of aromatic nitrogens is 2. The van der Waals surface area contributed by atoms with Gasteiger partial charge in [0.25, 0.3) is 0 Å². The van der Waals surface area contributed by atoms with E-state index in [0.29, 0.717) is 30.6 Å². The fraction of sp³-hybridized carbons (Fsp3) is 0.321. The van der Waals surface area contributed by atoms with Crippen molar-refractivity contribution in [1.29, 1.82) is 0 Å². The van der Waals surface area contributed by atoms with Crippen LogP contribution in [-0.4, -0.2) is 62.8 Å². The van der Waals surface area contributed by atoms with Crippen molar-refractivity contribution < 1.29 is 18.1 Å². The number of benzene rings is 2. The lowest BCUT2D eigenvalue weighted by molar-refractivity contribution is 0.102. The number of likely N-dealkylation sites (tertiary alicyclic amines) is 1. The average Bonchev–Trinajstić information content (AvgIpc) is 3.46. The summed E-state index contributed by atoms with van der Waals surface area (Å²) in [6.07, 6.45) is -1.82. The minimum Gasteiger partial charge on any atom is -0.445 e. The van der Waals surface area contributed by atoms with Crippen LogP contribution in [0.15, 0.2) is 65.6 Å². The van der Waals surface area contributed by atoms with Gasteiger partial charge in [-0.05, 0) is 30.2 Å². The Labute approximate surface area is 232 Å². The molecule has 3 atom stereocenters. The number of hydrogen-bond donors (Lipinski definition) is 1. The molecule has 1 amide bonds. The lowest BCUT2D eigenvalue weighted by Gasteiger charge is -2.22. The molecule has 2 aromatic heterocycles. The number of carbonyl (C=O) groups is 1. The first-order valence-electron chi connectivity index (χ1n) is 12.8. The summed E-state index contributed by atoms with van der Waals surface area (Å²) in [6, 6.07) is 18.5. The molecule has 4 aromatic rings. The molecule has 1 N–H and O–H groups in total. The van der Waals surface area contributed by atoms with Crippen LogP contribution in [0.3, 0.4) is 0 Å². The van der Waals surface area contributed by atoms with Gasteiger partial charge in [-0.25, -0.2) is 14.2 Å². The van der Waals surface area contributed by atoms with Crippen molar-refractivity contribution in [2.75, 3.05) is 35.6 Å². The minimum atomic E-state index is -1.28. The van der Waals surface area contributed by atoms with E-state index in [1.165, 1.54) is 4.90 Å². The van der Waals surface area contributed by atoms with Crippen LogP contribution in [0.2, 0.25) is 0 Å². The first-order chi connectivity index (χ1) is 18.9. The largest absolute Gasteiger partial charge is 0.445 e. The van der Waals surface area contributed by atoms with Gasteiger partial charge in [-0.1, -0.05) is 48.5 Å². The quantitative estimate of drug-likeness (QED) is 0.368. The molecule has 0 spiro atoms. The van der Waals surface area contributed by atoms with Gasteiger partial charge >= 0.3 is 6.09 Å². The molecule has 2 unspecified atom stereocenters. The van der Waals surface area contributed by atoms with Crippen LogP contribution in [-0.2, 0) is 28.7 Å². The summed E-state index contributed by atoms with van der Waals surface area (Å²) in [5.41, 5.74) is 2.63.